The van der Waals surface area contributed by atoms with Crippen molar-refractivity contribution in [2.75, 3.05) is 6.61 Å². The second-order valence-electron chi connectivity index (χ2n) is 10.3. The summed E-state index contributed by atoms with van der Waals surface area (Å²) in [5.41, 5.74) is 6.73. The third kappa shape index (κ3) is 4.84. The maximum atomic E-state index is 12.9. The number of hydrogen-bond donors (Lipinski definition) is 1. The molecule has 7 nitrogen and oxygen atoms in total. The van der Waals surface area contributed by atoms with E-state index < -0.39 is 5.97 Å². The van der Waals surface area contributed by atoms with Crippen molar-refractivity contribution in [1.82, 2.24) is 19.3 Å². The summed E-state index contributed by atoms with van der Waals surface area (Å²) < 4.78 is 10.0. The topological polar surface area (TPSA) is 82.2 Å². The van der Waals surface area contributed by atoms with Gasteiger partial charge in [0, 0.05) is 40.8 Å². The summed E-state index contributed by atoms with van der Waals surface area (Å²) in [5.74, 6) is -0.114. The van der Waals surface area contributed by atoms with Crippen LogP contribution < -0.4 is 4.74 Å². The number of carboxylic acid groups (broad SMARTS) is 1. The molecule has 0 aliphatic heterocycles. The SMILES string of the molecule is Cc1nn(C)c(C)c1-c1cccc2c(CCCOc3cccc4ccccc34)c(C(=O)O)n(Cc3ccccn3)c12. The summed E-state index contributed by atoms with van der Waals surface area (Å²) in [4.78, 5) is 17.4. The summed E-state index contributed by atoms with van der Waals surface area (Å²) in [7, 11) is 1.93. The quantitative estimate of drug-likeness (QED) is 0.199. The monoisotopic (exact) mass is 544 g/mol. The number of nitrogens with zero attached hydrogens (tertiary/aromatic N) is 4. The van der Waals surface area contributed by atoms with E-state index in [1.165, 1.54) is 0 Å². The molecule has 6 rings (SSSR count). The van der Waals surface area contributed by atoms with E-state index >= 15 is 0 Å². The number of aromatic nitrogens is 4. The van der Waals surface area contributed by atoms with Gasteiger partial charge < -0.3 is 14.4 Å². The molecular formula is C34H32N4O3. The zero-order valence-electron chi connectivity index (χ0n) is 23.5. The lowest BCUT2D eigenvalue weighted by molar-refractivity contribution is 0.0684. The van der Waals surface area contributed by atoms with Crippen LogP contribution in [0.5, 0.6) is 5.75 Å². The molecule has 7 heteroatoms. The first-order valence-electron chi connectivity index (χ1n) is 13.8. The van der Waals surface area contributed by atoms with Gasteiger partial charge in [0.05, 0.1) is 30.1 Å². The Bertz CT molecular complexity index is 1880. The highest BCUT2D eigenvalue weighted by atomic mass is 16.5. The molecule has 3 heterocycles. The zero-order chi connectivity index (χ0) is 28.5. The Morgan fingerprint density at radius 3 is 2.44 bits per heavy atom. The first-order valence-corrected chi connectivity index (χ1v) is 13.8. The van der Waals surface area contributed by atoms with Crippen LogP contribution in [0.4, 0.5) is 0 Å². The normalized spacial score (nSPS) is 11.4. The van der Waals surface area contributed by atoms with Gasteiger partial charge in [-0.3, -0.25) is 9.67 Å². The van der Waals surface area contributed by atoms with Crippen LogP contribution >= 0.6 is 0 Å². The van der Waals surface area contributed by atoms with E-state index in [0.717, 1.165) is 61.2 Å². The molecule has 6 aromatic rings. The number of fused-ring (bicyclic) bond motifs is 2. The molecule has 0 saturated carbocycles. The molecule has 0 amide bonds. The van der Waals surface area contributed by atoms with Crippen LogP contribution in [-0.2, 0) is 20.0 Å². The van der Waals surface area contributed by atoms with Crippen LogP contribution in [0.1, 0.15) is 39.6 Å². The van der Waals surface area contributed by atoms with Gasteiger partial charge >= 0.3 is 5.97 Å². The van der Waals surface area contributed by atoms with E-state index in [4.69, 9.17) is 4.74 Å². The molecule has 206 valence electrons. The molecule has 0 saturated heterocycles. The van der Waals surface area contributed by atoms with Crippen LogP contribution in [0, 0.1) is 13.8 Å². The van der Waals surface area contributed by atoms with Crippen LogP contribution in [0.2, 0.25) is 0 Å². The minimum Gasteiger partial charge on any atom is -0.493 e. The minimum atomic E-state index is -0.951. The van der Waals surface area contributed by atoms with E-state index in [2.05, 4.69) is 34.3 Å². The highest BCUT2D eigenvalue weighted by Gasteiger charge is 2.26. The van der Waals surface area contributed by atoms with E-state index in [-0.39, 0.29) is 0 Å². The van der Waals surface area contributed by atoms with Crippen molar-refractivity contribution in [3.05, 3.63) is 113 Å². The Morgan fingerprint density at radius 1 is 0.927 bits per heavy atom. The summed E-state index contributed by atoms with van der Waals surface area (Å²) in [5, 5.41) is 18.3. The molecule has 0 radical (unpaired) electrons. The molecule has 0 spiro atoms. The zero-order valence-corrected chi connectivity index (χ0v) is 23.5. The highest BCUT2D eigenvalue weighted by Crippen LogP contribution is 2.38. The Hall–Kier alpha value is -4.91. The number of carbonyl (C=O) groups is 1. The van der Waals surface area contributed by atoms with Crippen molar-refractivity contribution in [3.63, 3.8) is 0 Å². The predicted molar refractivity (Wildman–Crippen MR) is 162 cm³/mol. The maximum Gasteiger partial charge on any atom is 0.352 e. The number of carboxylic acids is 1. The Morgan fingerprint density at radius 2 is 1.68 bits per heavy atom. The smallest absolute Gasteiger partial charge is 0.352 e. The standard InChI is InChI=1S/C34H32N4O3/c1-22-31(23(2)37(3)36-22)29-16-9-15-27-28(17-10-20-41-30-18-8-12-24-11-4-5-14-26(24)30)33(34(39)40)38(32(27)29)21-25-13-6-7-19-35-25/h4-9,11-16,18-19H,10,17,20-21H2,1-3H3,(H,39,40). The third-order valence-corrected chi connectivity index (χ3v) is 7.79. The minimum absolute atomic E-state index is 0.294. The highest BCUT2D eigenvalue weighted by molar-refractivity contribution is 6.04. The lowest BCUT2D eigenvalue weighted by Crippen LogP contribution is -2.13. The predicted octanol–water partition coefficient (Wildman–Crippen LogP) is 6.96. The lowest BCUT2D eigenvalue weighted by Gasteiger charge is -2.12. The average Bonchev–Trinajstić information content (AvgIpc) is 3.43. The van der Waals surface area contributed by atoms with Crippen molar-refractivity contribution < 1.29 is 14.6 Å². The van der Waals surface area contributed by atoms with Crippen LogP contribution in [-0.4, -0.2) is 37.0 Å². The van der Waals surface area contributed by atoms with E-state index in [1.54, 1.807) is 6.20 Å². The fourth-order valence-electron chi connectivity index (χ4n) is 5.91. The molecule has 0 aliphatic carbocycles. The fourth-order valence-corrected chi connectivity index (χ4v) is 5.91. The number of para-hydroxylation sites is 1. The first-order chi connectivity index (χ1) is 19.9. The number of hydrogen-bond acceptors (Lipinski definition) is 4. The number of aryl methyl sites for hydroxylation is 3. The molecule has 0 bridgehead atoms. The largest absolute Gasteiger partial charge is 0.493 e. The molecule has 41 heavy (non-hydrogen) atoms. The number of rotatable bonds is 9. The van der Waals surface area contributed by atoms with Gasteiger partial charge in [0.1, 0.15) is 11.4 Å². The summed E-state index contributed by atoms with van der Waals surface area (Å²) in [6, 6.07) is 26.0. The number of ether oxygens (including phenoxy) is 1. The first kappa shape index (κ1) is 26.3. The van der Waals surface area contributed by atoms with E-state index in [1.807, 2.05) is 84.7 Å². The van der Waals surface area contributed by atoms with E-state index in [0.29, 0.717) is 31.7 Å². The van der Waals surface area contributed by atoms with Crippen LogP contribution in [0.15, 0.2) is 85.1 Å². The van der Waals surface area contributed by atoms with Gasteiger partial charge in [0.25, 0.3) is 0 Å². The van der Waals surface area contributed by atoms with Gasteiger partial charge in [-0.1, -0.05) is 60.7 Å². The van der Waals surface area contributed by atoms with Gasteiger partial charge in [-0.25, -0.2) is 4.79 Å². The van der Waals surface area contributed by atoms with Gasteiger partial charge in [-0.05, 0) is 55.8 Å². The van der Waals surface area contributed by atoms with Crippen molar-refractivity contribution in [3.8, 4) is 16.9 Å². The van der Waals surface area contributed by atoms with Gasteiger partial charge in [0.15, 0.2) is 0 Å². The van der Waals surface area contributed by atoms with Crippen molar-refractivity contribution in [1.29, 1.82) is 0 Å². The molecule has 0 unspecified atom stereocenters. The molecule has 3 aromatic carbocycles. The van der Waals surface area contributed by atoms with Gasteiger partial charge in [-0.15, -0.1) is 0 Å². The Balaban J connectivity index is 1.42. The summed E-state index contributed by atoms with van der Waals surface area (Å²) in [6.45, 7) is 4.86. The number of benzene rings is 3. The Labute approximate surface area is 238 Å². The Kier molecular flexibility index (Phi) is 7.01. The number of aromatic carboxylic acids is 1. The molecule has 0 aliphatic rings. The van der Waals surface area contributed by atoms with Crippen molar-refractivity contribution in [2.24, 2.45) is 7.05 Å². The molecule has 3 aromatic heterocycles. The fraction of sp³-hybridized carbons (Fsp3) is 0.206. The average molecular weight is 545 g/mol. The lowest BCUT2D eigenvalue weighted by atomic mass is 9.98. The second kappa shape index (κ2) is 10.9. The van der Waals surface area contributed by atoms with Crippen LogP contribution in [0.25, 0.3) is 32.8 Å². The second-order valence-corrected chi connectivity index (χ2v) is 10.3. The molecule has 0 fully saturated rings. The molecular weight excluding hydrogens is 512 g/mol. The number of pyridine rings is 1. The molecule has 1 N–H and O–H groups in total. The summed E-state index contributed by atoms with van der Waals surface area (Å²) >= 11 is 0. The molecule has 0 atom stereocenters. The third-order valence-electron chi connectivity index (χ3n) is 7.79. The maximum absolute atomic E-state index is 12.9. The van der Waals surface area contributed by atoms with Gasteiger partial charge in [0.2, 0.25) is 0 Å². The van der Waals surface area contributed by atoms with Crippen LogP contribution in [0.3, 0.4) is 0 Å². The summed E-state index contributed by atoms with van der Waals surface area (Å²) in [6.07, 6.45) is 2.97. The van der Waals surface area contributed by atoms with E-state index in [9.17, 15) is 9.90 Å². The van der Waals surface area contributed by atoms with Crippen molar-refractivity contribution in [2.45, 2.75) is 33.2 Å². The van der Waals surface area contributed by atoms with Gasteiger partial charge in [-0.2, -0.15) is 5.10 Å². The van der Waals surface area contributed by atoms with Crippen molar-refractivity contribution >= 4 is 27.6 Å².